The van der Waals surface area contributed by atoms with Crippen LogP contribution in [0.25, 0.3) is 22.0 Å². The predicted octanol–water partition coefficient (Wildman–Crippen LogP) is 5.64. The Morgan fingerprint density at radius 3 is 2.25 bits per heavy atom. The molecule has 1 aliphatic rings. The first-order valence-electron chi connectivity index (χ1n) is 10.5. The molecule has 0 spiro atoms. The van der Waals surface area contributed by atoms with Gasteiger partial charge in [-0.3, -0.25) is 4.98 Å². The molecule has 32 heavy (non-hydrogen) atoms. The van der Waals surface area contributed by atoms with Crippen LogP contribution in [0.4, 0.5) is 24.7 Å². The fraction of sp³-hybridized carbons (Fsp3) is 0.200. The number of hydrogen-bond acceptors (Lipinski definition) is 4. The Kier molecular flexibility index (Phi) is 5.17. The zero-order valence-electron chi connectivity index (χ0n) is 17.3. The SMILES string of the molecule is FC(F)(F)c1cccc(N2CCN(c3cncc(-c4ccc5ccccc5c4)n3)CC2)c1. The molecule has 0 aliphatic carbocycles. The van der Waals surface area contributed by atoms with E-state index >= 15 is 0 Å². The number of piperazine rings is 1. The number of anilines is 2. The Labute approximate surface area is 184 Å². The molecule has 3 aromatic carbocycles. The van der Waals surface area contributed by atoms with Gasteiger partial charge in [0.1, 0.15) is 5.82 Å². The van der Waals surface area contributed by atoms with Gasteiger partial charge in [-0.15, -0.1) is 0 Å². The summed E-state index contributed by atoms with van der Waals surface area (Å²) >= 11 is 0. The molecule has 1 fully saturated rings. The van der Waals surface area contributed by atoms with Crippen LogP contribution in [0, 0.1) is 0 Å². The quantitative estimate of drug-likeness (QED) is 0.418. The normalized spacial score (nSPS) is 14.7. The van der Waals surface area contributed by atoms with E-state index in [-0.39, 0.29) is 0 Å². The molecule has 4 nitrogen and oxygen atoms in total. The van der Waals surface area contributed by atoms with Gasteiger partial charge >= 0.3 is 6.18 Å². The lowest BCUT2D eigenvalue weighted by Gasteiger charge is -2.36. The highest BCUT2D eigenvalue weighted by molar-refractivity contribution is 5.86. The van der Waals surface area contributed by atoms with E-state index in [9.17, 15) is 13.2 Å². The lowest BCUT2D eigenvalue weighted by atomic mass is 10.1. The molecule has 0 N–H and O–H groups in total. The maximum Gasteiger partial charge on any atom is 0.416 e. The molecule has 162 valence electrons. The Bertz CT molecular complexity index is 1250. The van der Waals surface area contributed by atoms with Crippen LogP contribution in [-0.4, -0.2) is 36.1 Å². The standard InChI is InChI=1S/C25H21F3N4/c26-25(27,28)21-6-3-7-22(15-21)31-10-12-32(13-11-31)24-17-29-16-23(30-24)20-9-8-18-4-1-2-5-19(18)14-20/h1-9,14-17H,10-13H2. The highest BCUT2D eigenvalue weighted by atomic mass is 19.4. The number of nitrogens with zero attached hydrogens (tertiary/aromatic N) is 4. The minimum absolute atomic E-state index is 0.593. The van der Waals surface area contributed by atoms with Crippen LogP contribution in [0.15, 0.2) is 79.1 Å². The van der Waals surface area contributed by atoms with Crippen LogP contribution < -0.4 is 9.80 Å². The summed E-state index contributed by atoms with van der Waals surface area (Å²) < 4.78 is 39.1. The van der Waals surface area contributed by atoms with Gasteiger partial charge in [0.15, 0.2) is 0 Å². The van der Waals surface area contributed by atoms with Crippen molar-refractivity contribution in [1.29, 1.82) is 0 Å². The second kappa shape index (κ2) is 8.15. The highest BCUT2D eigenvalue weighted by Gasteiger charge is 2.31. The van der Waals surface area contributed by atoms with Gasteiger partial charge in [-0.1, -0.05) is 42.5 Å². The molecule has 1 saturated heterocycles. The Hall–Kier alpha value is -3.61. The first kappa shape index (κ1) is 20.3. The molecule has 4 aromatic rings. The van der Waals surface area contributed by atoms with Crippen LogP contribution in [0.5, 0.6) is 0 Å². The molecule has 0 atom stereocenters. The second-order valence-corrected chi connectivity index (χ2v) is 7.85. The van der Waals surface area contributed by atoms with E-state index in [0.29, 0.717) is 31.9 Å². The van der Waals surface area contributed by atoms with Gasteiger partial charge in [0.25, 0.3) is 0 Å². The number of alkyl halides is 3. The molecule has 0 radical (unpaired) electrons. The summed E-state index contributed by atoms with van der Waals surface area (Å²) in [7, 11) is 0. The fourth-order valence-electron chi connectivity index (χ4n) is 4.07. The average Bonchev–Trinajstić information content (AvgIpc) is 2.83. The number of halogens is 3. The summed E-state index contributed by atoms with van der Waals surface area (Å²) in [6.45, 7) is 2.55. The van der Waals surface area contributed by atoms with Gasteiger partial charge in [0.2, 0.25) is 0 Å². The van der Waals surface area contributed by atoms with Crippen LogP contribution in [0.1, 0.15) is 5.56 Å². The van der Waals surface area contributed by atoms with Gasteiger partial charge in [0.05, 0.1) is 23.7 Å². The molecule has 2 heterocycles. The van der Waals surface area contributed by atoms with Crippen molar-refractivity contribution >= 4 is 22.3 Å². The fourth-order valence-corrected chi connectivity index (χ4v) is 4.07. The van der Waals surface area contributed by atoms with E-state index in [1.165, 1.54) is 17.5 Å². The molecule has 7 heteroatoms. The summed E-state index contributed by atoms with van der Waals surface area (Å²) in [6, 6.07) is 19.9. The molecule has 0 saturated carbocycles. The number of aromatic nitrogens is 2. The van der Waals surface area contributed by atoms with Crippen molar-refractivity contribution in [2.24, 2.45) is 0 Å². The zero-order chi connectivity index (χ0) is 22.1. The molecule has 0 bridgehead atoms. The summed E-state index contributed by atoms with van der Waals surface area (Å²) in [5, 5.41) is 2.32. The zero-order valence-corrected chi connectivity index (χ0v) is 17.3. The molecule has 5 rings (SSSR count). The van der Waals surface area contributed by atoms with Crippen molar-refractivity contribution in [2.75, 3.05) is 36.0 Å². The van der Waals surface area contributed by atoms with Crippen LogP contribution in [0.2, 0.25) is 0 Å². The predicted molar refractivity (Wildman–Crippen MR) is 121 cm³/mol. The monoisotopic (exact) mass is 434 g/mol. The summed E-state index contributed by atoms with van der Waals surface area (Å²) in [5.41, 5.74) is 1.77. The van der Waals surface area contributed by atoms with E-state index in [1.807, 2.05) is 23.1 Å². The molecular formula is C25H21F3N4. The van der Waals surface area contributed by atoms with E-state index < -0.39 is 11.7 Å². The molecule has 1 aliphatic heterocycles. The summed E-state index contributed by atoms with van der Waals surface area (Å²) in [6.07, 6.45) is -0.840. The molecule has 0 unspecified atom stereocenters. The lowest BCUT2D eigenvalue weighted by Crippen LogP contribution is -2.47. The lowest BCUT2D eigenvalue weighted by molar-refractivity contribution is -0.137. The summed E-state index contributed by atoms with van der Waals surface area (Å²) in [5.74, 6) is 0.777. The van der Waals surface area contributed by atoms with Gasteiger partial charge in [-0.2, -0.15) is 13.2 Å². The topological polar surface area (TPSA) is 32.3 Å². The Morgan fingerprint density at radius 1 is 0.719 bits per heavy atom. The van der Waals surface area contributed by atoms with E-state index in [2.05, 4.69) is 34.1 Å². The van der Waals surface area contributed by atoms with Crippen molar-refractivity contribution in [3.05, 3.63) is 84.7 Å². The van der Waals surface area contributed by atoms with E-state index in [0.717, 1.165) is 28.5 Å². The average molecular weight is 434 g/mol. The summed E-state index contributed by atoms with van der Waals surface area (Å²) in [4.78, 5) is 13.3. The number of rotatable bonds is 3. The van der Waals surface area contributed by atoms with Crippen LogP contribution in [-0.2, 0) is 6.18 Å². The van der Waals surface area contributed by atoms with E-state index in [1.54, 1.807) is 18.5 Å². The Balaban J connectivity index is 1.32. The van der Waals surface area contributed by atoms with Crippen molar-refractivity contribution in [3.8, 4) is 11.3 Å². The first-order valence-corrected chi connectivity index (χ1v) is 10.5. The number of hydrogen-bond donors (Lipinski definition) is 0. The maximum absolute atomic E-state index is 13.0. The van der Waals surface area contributed by atoms with Gasteiger partial charge in [0, 0.05) is 37.4 Å². The van der Waals surface area contributed by atoms with Crippen LogP contribution in [0.3, 0.4) is 0 Å². The Morgan fingerprint density at radius 2 is 1.47 bits per heavy atom. The van der Waals surface area contributed by atoms with Crippen LogP contribution >= 0.6 is 0 Å². The highest BCUT2D eigenvalue weighted by Crippen LogP contribution is 2.32. The smallest absolute Gasteiger partial charge is 0.368 e. The number of fused-ring (bicyclic) bond motifs is 1. The largest absolute Gasteiger partial charge is 0.416 e. The molecule has 1 aromatic heterocycles. The second-order valence-electron chi connectivity index (χ2n) is 7.85. The van der Waals surface area contributed by atoms with E-state index in [4.69, 9.17) is 4.98 Å². The van der Waals surface area contributed by atoms with Crippen molar-refractivity contribution < 1.29 is 13.2 Å². The molecular weight excluding hydrogens is 413 g/mol. The van der Waals surface area contributed by atoms with Gasteiger partial charge < -0.3 is 9.80 Å². The third kappa shape index (κ3) is 4.10. The number of benzene rings is 3. The van der Waals surface area contributed by atoms with Crippen molar-refractivity contribution in [2.45, 2.75) is 6.18 Å². The van der Waals surface area contributed by atoms with Gasteiger partial charge in [-0.25, -0.2) is 4.98 Å². The molecule has 0 amide bonds. The van der Waals surface area contributed by atoms with Crippen molar-refractivity contribution in [3.63, 3.8) is 0 Å². The van der Waals surface area contributed by atoms with Crippen molar-refractivity contribution in [1.82, 2.24) is 9.97 Å². The minimum Gasteiger partial charge on any atom is -0.368 e. The minimum atomic E-state index is -4.34. The third-order valence-electron chi connectivity index (χ3n) is 5.81. The maximum atomic E-state index is 13.0. The third-order valence-corrected chi connectivity index (χ3v) is 5.81. The first-order chi connectivity index (χ1) is 15.5. The van der Waals surface area contributed by atoms with Gasteiger partial charge in [-0.05, 0) is 35.0 Å².